The van der Waals surface area contributed by atoms with Crippen molar-refractivity contribution in [3.63, 3.8) is 0 Å². The minimum atomic E-state index is -0.228. The van der Waals surface area contributed by atoms with Crippen molar-refractivity contribution in [3.8, 4) is 0 Å². The van der Waals surface area contributed by atoms with Gasteiger partial charge in [0.05, 0.1) is 0 Å². The van der Waals surface area contributed by atoms with Crippen LogP contribution >= 0.6 is 0 Å². The fourth-order valence-electron chi connectivity index (χ4n) is 3.32. The summed E-state index contributed by atoms with van der Waals surface area (Å²) in [7, 11) is 0. The highest BCUT2D eigenvalue weighted by Crippen LogP contribution is 2.41. The molecule has 0 atom stereocenters. The van der Waals surface area contributed by atoms with E-state index in [4.69, 9.17) is 0 Å². The molecular formula is C19H34N2O2. The van der Waals surface area contributed by atoms with E-state index in [9.17, 15) is 9.59 Å². The average Bonchev–Trinajstić information content (AvgIpc) is 2.38. The summed E-state index contributed by atoms with van der Waals surface area (Å²) < 4.78 is 0. The molecule has 0 saturated heterocycles. The Morgan fingerprint density at radius 1 is 0.783 bits per heavy atom. The SMILES string of the molecule is C=CC(=O)NCC(CNC(=O)C=C)(CC(C)(C)C)CC(C)(C)C. The Bertz CT molecular complexity index is 397. The molecule has 0 aliphatic rings. The number of hydrogen-bond donors (Lipinski definition) is 2. The number of carbonyl (C=O) groups is 2. The molecule has 0 spiro atoms. The highest BCUT2D eigenvalue weighted by molar-refractivity contribution is 5.87. The summed E-state index contributed by atoms with van der Waals surface area (Å²) in [6, 6.07) is 0. The third-order valence-electron chi connectivity index (χ3n) is 3.46. The van der Waals surface area contributed by atoms with Gasteiger partial charge in [-0.15, -0.1) is 0 Å². The summed E-state index contributed by atoms with van der Waals surface area (Å²) in [6.45, 7) is 21.1. The van der Waals surface area contributed by atoms with Gasteiger partial charge in [0.15, 0.2) is 0 Å². The normalized spacial score (nSPS) is 12.4. The van der Waals surface area contributed by atoms with E-state index in [1.807, 2.05) is 0 Å². The molecule has 0 aromatic rings. The second kappa shape index (κ2) is 8.32. The van der Waals surface area contributed by atoms with Crippen LogP contribution in [-0.2, 0) is 9.59 Å². The Hall–Kier alpha value is -1.58. The second-order valence-electron chi connectivity index (χ2n) is 8.82. The van der Waals surface area contributed by atoms with E-state index in [0.29, 0.717) is 13.1 Å². The van der Waals surface area contributed by atoms with E-state index < -0.39 is 0 Å². The zero-order chi connectivity index (χ0) is 18.3. The van der Waals surface area contributed by atoms with Crippen molar-refractivity contribution in [3.05, 3.63) is 25.3 Å². The van der Waals surface area contributed by atoms with Crippen LogP contribution in [0.3, 0.4) is 0 Å². The molecule has 2 amide bonds. The number of hydrogen-bond acceptors (Lipinski definition) is 2. The molecule has 0 bridgehead atoms. The van der Waals surface area contributed by atoms with Gasteiger partial charge in [0.2, 0.25) is 11.8 Å². The van der Waals surface area contributed by atoms with E-state index in [-0.39, 0.29) is 28.1 Å². The molecule has 0 unspecified atom stereocenters. The van der Waals surface area contributed by atoms with Gasteiger partial charge in [-0.2, -0.15) is 0 Å². The van der Waals surface area contributed by atoms with Crippen LogP contribution in [0.5, 0.6) is 0 Å². The first-order chi connectivity index (χ1) is 10.3. The molecule has 4 nitrogen and oxygen atoms in total. The van der Waals surface area contributed by atoms with Crippen molar-refractivity contribution < 1.29 is 9.59 Å². The molecular weight excluding hydrogens is 288 g/mol. The largest absolute Gasteiger partial charge is 0.352 e. The van der Waals surface area contributed by atoms with Gasteiger partial charge in [-0.25, -0.2) is 0 Å². The molecule has 0 heterocycles. The zero-order valence-corrected chi connectivity index (χ0v) is 15.7. The molecule has 23 heavy (non-hydrogen) atoms. The molecule has 4 heteroatoms. The standard InChI is InChI=1S/C19H34N2O2/c1-9-15(22)20-13-19(11-17(3,4)5,12-18(6,7)8)14-21-16(23)10-2/h9-10H,1-2,11-14H2,3-8H3,(H,20,22)(H,21,23). The fraction of sp³-hybridized carbons (Fsp3) is 0.684. The first-order valence-electron chi connectivity index (χ1n) is 8.13. The Balaban J connectivity index is 5.47. The quantitative estimate of drug-likeness (QED) is 0.672. The van der Waals surface area contributed by atoms with Crippen LogP contribution in [0, 0.1) is 16.2 Å². The highest BCUT2D eigenvalue weighted by atomic mass is 16.2. The Labute approximate surface area is 141 Å². The topological polar surface area (TPSA) is 58.2 Å². The second-order valence-corrected chi connectivity index (χ2v) is 8.82. The van der Waals surface area contributed by atoms with Crippen molar-refractivity contribution in [2.75, 3.05) is 13.1 Å². The zero-order valence-electron chi connectivity index (χ0n) is 15.7. The lowest BCUT2D eigenvalue weighted by Crippen LogP contribution is -2.48. The molecule has 132 valence electrons. The van der Waals surface area contributed by atoms with Gasteiger partial charge in [0.25, 0.3) is 0 Å². The van der Waals surface area contributed by atoms with E-state index in [1.54, 1.807) is 0 Å². The van der Waals surface area contributed by atoms with Gasteiger partial charge in [-0.05, 0) is 35.8 Å². The molecule has 0 radical (unpaired) electrons. The lowest BCUT2D eigenvalue weighted by molar-refractivity contribution is -0.117. The van der Waals surface area contributed by atoms with E-state index in [0.717, 1.165) is 12.8 Å². The van der Waals surface area contributed by atoms with Crippen molar-refractivity contribution in [2.24, 2.45) is 16.2 Å². The van der Waals surface area contributed by atoms with E-state index in [1.165, 1.54) is 12.2 Å². The number of rotatable bonds is 8. The third kappa shape index (κ3) is 9.93. The molecule has 0 fully saturated rings. The monoisotopic (exact) mass is 322 g/mol. The highest BCUT2D eigenvalue weighted by Gasteiger charge is 2.38. The number of carbonyl (C=O) groups excluding carboxylic acids is 2. The van der Waals surface area contributed by atoms with Gasteiger partial charge in [-0.3, -0.25) is 9.59 Å². The van der Waals surface area contributed by atoms with Crippen LogP contribution in [0.25, 0.3) is 0 Å². The molecule has 0 aliphatic carbocycles. The molecule has 0 aliphatic heterocycles. The smallest absolute Gasteiger partial charge is 0.243 e. The summed E-state index contributed by atoms with van der Waals surface area (Å²) in [5.41, 5.74) is -0.0834. The van der Waals surface area contributed by atoms with Crippen molar-refractivity contribution in [1.29, 1.82) is 0 Å². The molecule has 0 rings (SSSR count). The van der Waals surface area contributed by atoms with Crippen molar-refractivity contribution in [1.82, 2.24) is 10.6 Å². The van der Waals surface area contributed by atoms with Crippen LogP contribution in [0.2, 0.25) is 0 Å². The van der Waals surface area contributed by atoms with Crippen LogP contribution in [0.15, 0.2) is 25.3 Å². The Kier molecular flexibility index (Phi) is 7.75. The lowest BCUT2D eigenvalue weighted by atomic mass is 9.66. The average molecular weight is 322 g/mol. The van der Waals surface area contributed by atoms with Gasteiger partial charge in [0.1, 0.15) is 0 Å². The summed E-state index contributed by atoms with van der Waals surface area (Å²) in [5.74, 6) is -0.375. The summed E-state index contributed by atoms with van der Waals surface area (Å²) in [6.07, 6.45) is 4.32. The summed E-state index contributed by atoms with van der Waals surface area (Å²) in [4.78, 5) is 23.3. The van der Waals surface area contributed by atoms with Crippen LogP contribution in [0.1, 0.15) is 54.4 Å². The molecule has 2 N–H and O–H groups in total. The predicted octanol–water partition coefficient (Wildman–Crippen LogP) is 3.45. The van der Waals surface area contributed by atoms with Crippen LogP contribution < -0.4 is 10.6 Å². The maximum atomic E-state index is 11.7. The van der Waals surface area contributed by atoms with E-state index >= 15 is 0 Å². The number of nitrogens with one attached hydrogen (secondary N) is 2. The first kappa shape index (κ1) is 21.4. The van der Waals surface area contributed by atoms with Crippen LogP contribution in [-0.4, -0.2) is 24.9 Å². The Morgan fingerprint density at radius 2 is 1.09 bits per heavy atom. The van der Waals surface area contributed by atoms with Crippen molar-refractivity contribution >= 4 is 11.8 Å². The van der Waals surface area contributed by atoms with Gasteiger partial charge in [-0.1, -0.05) is 54.7 Å². The van der Waals surface area contributed by atoms with Gasteiger partial charge >= 0.3 is 0 Å². The Morgan fingerprint density at radius 3 is 1.30 bits per heavy atom. The molecule has 0 saturated carbocycles. The number of amides is 2. The predicted molar refractivity (Wildman–Crippen MR) is 97.0 cm³/mol. The molecule has 0 aromatic carbocycles. The lowest BCUT2D eigenvalue weighted by Gasteiger charge is -2.43. The van der Waals surface area contributed by atoms with Gasteiger partial charge < -0.3 is 10.6 Å². The summed E-state index contributed by atoms with van der Waals surface area (Å²) >= 11 is 0. The maximum Gasteiger partial charge on any atom is 0.243 e. The van der Waals surface area contributed by atoms with Crippen molar-refractivity contribution in [2.45, 2.75) is 54.4 Å². The fourth-order valence-corrected chi connectivity index (χ4v) is 3.32. The minimum absolute atomic E-state index is 0.0725. The van der Waals surface area contributed by atoms with Crippen LogP contribution in [0.4, 0.5) is 0 Å². The maximum absolute atomic E-state index is 11.7. The minimum Gasteiger partial charge on any atom is -0.352 e. The van der Waals surface area contributed by atoms with E-state index in [2.05, 4.69) is 65.3 Å². The summed E-state index contributed by atoms with van der Waals surface area (Å²) in [5, 5.41) is 5.85. The molecule has 0 aromatic heterocycles. The third-order valence-corrected chi connectivity index (χ3v) is 3.46. The first-order valence-corrected chi connectivity index (χ1v) is 8.13. The van der Waals surface area contributed by atoms with Gasteiger partial charge in [0, 0.05) is 18.5 Å².